The smallest absolute Gasteiger partial charge is 0.160 e. The highest BCUT2D eigenvalue weighted by atomic mass is 15.0. The van der Waals surface area contributed by atoms with Gasteiger partial charge in [-0.05, 0) is 100 Å². The number of hydrogen-bond donors (Lipinski definition) is 0. The summed E-state index contributed by atoms with van der Waals surface area (Å²) in [7, 11) is 0. The molecule has 4 nitrogen and oxygen atoms in total. The molecule has 0 atom stereocenters. The Hall–Kier alpha value is -6.65. The van der Waals surface area contributed by atoms with Crippen LogP contribution in [0, 0.1) is 0 Å². The van der Waals surface area contributed by atoms with Gasteiger partial charge in [-0.15, -0.1) is 0 Å². The second-order valence-electron chi connectivity index (χ2n) is 13.7. The summed E-state index contributed by atoms with van der Waals surface area (Å²) in [5, 5.41) is 9.58. The number of aromatic nitrogens is 2. The van der Waals surface area contributed by atoms with Crippen molar-refractivity contribution in [1.29, 1.82) is 0 Å². The molecule has 0 fully saturated rings. The van der Waals surface area contributed by atoms with Gasteiger partial charge in [-0.25, -0.2) is 9.98 Å². The van der Waals surface area contributed by atoms with Crippen molar-refractivity contribution in [3.05, 3.63) is 186 Å². The molecule has 52 heavy (non-hydrogen) atoms. The van der Waals surface area contributed by atoms with Crippen LogP contribution in [0.5, 0.6) is 0 Å². The van der Waals surface area contributed by atoms with Crippen LogP contribution in [0.2, 0.25) is 0 Å². The van der Waals surface area contributed by atoms with Crippen molar-refractivity contribution in [3.63, 3.8) is 0 Å². The summed E-state index contributed by atoms with van der Waals surface area (Å²) in [6, 6.07) is 54.2. The molecule has 0 unspecified atom stereocenters. The summed E-state index contributed by atoms with van der Waals surface area (Å²) >= 11 is 0. The van der Waals surface area contributed by atoms with Crippen molar-refractivity contribution in [2.24, 2.45) is 9.98 Å². The molecule has 9 aromatic rings. The van der Waals surface area contributed by atoms with Crippen molar-refractivity contribution in [3.8, 4) is 5.69 Å². The number of allylic oxidation sites excluding steroid dienone is 1. The van der Waals surface area contributed by atoms with Crippen LogP contribution in [0.4, 0.5) is 0 Å². The lowest BCUT2D eigenvalue weighted by atomic mass is 9.95. The number of hydrogen-bond acceptors (Lipinski definition) is 3. The first-order chi connectivity index (χ1) is 25.7. The van der Waals surface area contributed by atoms with Gasteiger partial charge in [0.2, 0.25) is 0 Å². The molecular formula is C48H34N4. The number of para-hydroxylation sites is 2. The van der Waals surface area contributed by atoms with Crippen LogP contribution in [0.15, 0.2) is 180 Å². The Bertz CT molecular complexity index is 2940. The highest BCUT2D eigenvalue weighted by molar-refractivity contribution is 6.22. The van der Waals surface area contributed by atoms with Gasteiger partial charge in [-0.1, -0.05) is 109 Å². The third kappa shape index (κ3) is 5.03. The molecule has 1 aliphatic heterocycles. The molecule has 0 amide bonds. The Morgan fingerprint density at radius 1 is 0.500 bits per heavy atom. The average Bonchev–Trinajstić information content (AvgIpc) is 3.53. The van der Waals surface area contributed by atoms with E-state index in [-0.39, 0.29) is 0 Å². The van der Waals surface area contributed by atoms with Gasteiger partial charge in [0.1, 0.15) is 0 Å². The van der Waals surface area contributed by atoms with E-state index in [2.05, 4.69) is 168 Å². The molecule has 7 aromatic carbocycles. The van der Waals surface area contributed by atoms with E-state index in [1.54, 1.807) is 0 Å². The largest absolute Gasteiger partial charge is 0.309 e. The molecule has 0 aliphatic carbocycles. The summed E-state index contributed by atoms with van der Waals surface area (Å²) < 4.78 is 2.36. The van der Waals surface area contributed by atoms with E-state index >= 15 is 0 Å². The number of amidine groups is 1. The summed E-state index contributed by atoms with van der Waals surface area (Å²) in [6.07, 6.45) is 5.50. The Morgan fingerprint density at radius 2 is 1.19 bits per heavy atom. The molecule has 0 spiro atoms. The van der Waals surface area contributed by atoms with E-state index < -0.39 is 0 Å². The first-order valence-corrected chi connectivity index (χ1v) is 17.9. The normalized spacial score (nSPS) is 15.2. The SMILES string of the molecule is C/C1=C(/c2ccccc2)N=C(c2ccc3ccc4ccc5cnccc5c4c3c2)N=C(c2ccc3c(c2)c2ccccc2n3-c2ccccc2)CC1. The van der Waals surface area contributed by atoms with Crippen LogP contribution in [-0.2, 0) is 0 Å². The van der Waals surface area contributed by atoms with Crippen LogP contribution in [0.25, 0.3) is 65.5 Å². The molecule has 3 heterocycles. The minimum Gasteiger partial charge on any atom is -0.309 e. The molecule has 0 saturated heterocycles. The van der Waals surface area contributed by atoms with Gasteiger partial charge in [0.05, 0.1) is 22.4 Å². The maximum absolute atomic E-state index is 5.50. The summed E-state index contributed by atoms with van der Waals surface area (Å²) in [4.78, 5) is 15.3. The van der Waals surface area contributed by atoms with E-state index in [4.69, 9.17) is 9.98 Å². The average molecular weight is 667 g/mol. The number of pyridine rings is 1. The molecule has 246 valence electrons. The van der Waals surface area contributed by atoms with Crippen LogP contribution in [0.3, 0.4) is 0 Å². The lowest BCUT2D eigenvalue weighted by molar-refractivity contribution is 1.00. The molecule has 0 saturated carbocycles. The van der Waals surface area contributed by atoms with Gasteiger partial charge in [0.15, 0.2) is 5.84 Å². The Labute approximate surface area is 301 Å². The lowest BCUT2D eigenvalue weighted by Gasteiger charge is -2.17. The quantitative estimate of drug-likeness (QED) is 0.172. The van der Waals surface area contributed by atoms with Gasteiger partial charge >= 0.3 is 0 Å². The second-order valence-corrected chi connectivity index (χ2v) is 13.7. The molecule has 1 aliphatic rings. The van der Waals surface area contributed by atoms with Crippen molar-refractivity contribution in [2.45, 2.75) is 19.8 Å². The van der Waals surface area contributed by atoms with E-state index in [9.17, 15) is 0 Å². The van der Waals surface area contributed by atoms with Gasteiger partial charge in [-0.2, -0.15) is 0 Å². The number of nitrogens with zero attached hydrogens (tertiary/aromatic N) is 4. The number of aliphatic imine (C=N–C) groups is 2. The predicted octanol–water partition coefficient (Wildman–Crippen LogP) is 12.1. The van der Waals surface area contributed by atoms with Gasteiger partial charge < -0.3 is 4.57 Å². The molecular weight excluding hydrogens is 633 g/mol. The predicted molar refractivity (Wildman–Crippen MR) is 219 cm³/mol. The molecule has 4 heteroatoms. The van der Waals surface area contributed by atoms with Crippen molar-refractivity contribution < 1.29 is 0 Å². The zero-order valence-electron chi connectivity index (χ0n) is 28.8. The third-order valence-corrected chi connectivity index (χ3v) is 10.5. The lowest BCUT2D eigenvalue weighted by Crippen LogP contribution is -2.10. The first-order valence-electron chi connectivity index (χ1n) is 17.9. The minimum absolute atomic E-state index is 0.723. The zero-order valence-corrected chi connectivity index (χ0v) is 28.8. The van der Waals surface area contributed by atoms with Gasteiger partial charge in [0, 0.05) is 45.4 Å². The first kappa shape index (κ1) is 30.2. The fraction of sp³-hybridized carbons (Fsp3) is 0.0625. The molecule has 10 rings (SSSR count). The molecule has 0 bridgehead atoms. The minimum atomic E-state index is 0.723. The second kappa shape index (κ2) is 12.3. The highest BCUT2D eigenvalue weighted by Crippen LogP contribution is 2.36. The van der Waals surface area contributed by atoms with Crippen LogP contribution < -0.4 is 0 Å². The van der Waals surface area contributed by atoms with Crippen LogP contribution in [0.1, 0.15) is 36.5 Å². The van der Waals surface area contributed by atoms with Crippen molar-refractivity contribution in [2.75, 3.05) is 0 Å². The molecule has 0 radical (unpaired) electrons. The molecule has 2 aromatic heterocycles. The van der Waals surface area contributed by atoms with E-state index in [1.165, 1.54) is 54.3 Å². The van der Waals surface area contributed by atoms with Crippen molar-refractivity contribution in [1.82, 2.24) is 9.55 Å². The standard InChI is InChI=1S/C48H34N4/c1-31-16-24-43(35-23-25-45-42(28-35)40-14-8-9-15-44(40)52(45)38-12-6-3-7-13-38)50-48(51-47(31)34-10-4-2-5-11-34)36-21-18-32-17-19-33-20-22-37-30-49-27-26-39(37)46(33)41(32)29-36/h2-15,17-23,25-30H,16,24H2,1H3/b47-31+,50-43?,51-48?. The summed E-state index contributed by atoms with van der Waals surface area (Å²) in [5.41, 5.74) is 10.0. The third-order valence-electron chi connectivity index (χ3n) is 10.5. The van der Waals surface area contributed by atoms with Crippen LogP contribution >= 0.6 is 0 Å². The monoisotopic (exact) mass is 666 g/mol. The zero-order chi connectivity index (χ0) is 34.6. The van der Waals surface area contributed by atoms with Gasteiger partial charge in [-0.3, -0.25) is 4.98 Å². The number of rotatable bonds is 4. The van der Waals surface area contributed by atoms with Gasteiger partial charge in [0.25, 0.3) is 0 Å². The maximum atomic E-state index is 5.50. The Morgan fingerprint density at radius 3 is 2.06 bits per heavy atom. The van der Waals surface area contributed by atoms with E-state index in [0.717, 1.165) is 57.8 Å². The molecule has 0 N–H and O–H groups in total. The summed E-state index contributed by atoms with van der Waals surface area (Å²) in [6.45, 7) is 2.22. The van der Waals surface area contributed by atoms with Crippen LogP contribution in [-0.4, -0.2) is 21.1 Å². The highest BCUT2D eigenvalue weighted by Gasteiger charge is 2.19. The summed E-state index contributed by atoms with van der Waals surface area (Å²) in [5.74, 6) is 0.723. The Kier molecular flexibility index (Phi) is 7.14. The number of fused-ring (bicyclic) bond motifs is 8. The maximum Gasteiger partial charge on any atom is 0.160 e. The Balaban J connectivity index is 1.19. The number of benzene rings is 7. The topological polar surface area (TPSA) is 42.5 Å². The fourth-order valence-corrected chi connectivity index (χ4v) is 7.95. The van der Waals surface area contributed by atoms with E-state index in [1.807, 2.05) is 12.4 Å². The van der Waals surface area contributed by atoms with Crippen molar-refractivity contribution >= 4 is 71.4 Å². The fourth-order valence-electron chi connectivity index (χ4n) is 7.95. The van der Waals surface area contributed by atoms with E-state index in [0.29, 0.717) is 0 Å².